The van der Waals surface area contributed by atoms with Gasteiger partial charge in [0.1, 0.15) is 0 Å². The summed E-state index contributed by atoms with van der Waals surface area (Å²) in [7, 11) is -3.76. The zero-order valence-electron chi connectivity index (χ0n) is 11.6. The molecule has 2 heterocycles. The fourth-order valence-electron chi connectivity index (χ4n) is 2.37. The quantitative estimate of drug-likeness (QED) is 0.794. The lowest BCUT2D eigenvalue weighted by molar-refractivity contribution is 0.588. The Hall–Kier alpha value is -1.89. The smallest absolute Gasteiger partial charge is 0.269 e. The van der Waals surface area contributed by atoms with Gasteiger partial charge in [0.15, 0.2) is 5.65 Å². The van der Waals surface area contributed by atoms with Crippen molar-refractivity contribution >= 4 is 32.7 Å². The molecule has 0 radical (unpaired) electrons. The van der Waals surface area contributed by atoms with Crippen molar-refractivity contribution in [2.24, 2.45) is 5.73 Å². The van der Waals surface area contributed by atoms with Gasteiger partial charge in [0, 0.05) is 22.8 Å². The predicted molar refractivity (Wildman–Crippen MR) is 86.5 cm³/mol. The highest BCUT2D eigenvalue weighted by Gasteiger charge is 2.21. The molecule has 114 valence electrons. The van der Waals surface area contributed by atoms with Gasteiger partial charge in [-0.15, -0.1) is 0 Å². The van der Waals surface area contributed by atoms with Gasteiger partial charge in [0.25, 0.3) is 10.0 Å². The van der Waals surface area contributed by atoms with Crippen LogP contribution < -0.4 is 5.73 Å². The molecule has 7 heteroatoms. The van der Waals surface area contributed by atoms with Crippen LogP contribution in [0.5, 0.6) is 0 Å². The Morgan fingerprint density at radius 2 is 2.05 bits per heavy atom. The van der Waals surface area contributed by atoms with Crippen LogP contribution in [0.2, 0.25) is 5.02 Å². The molecule has 0 aliphatic carbocycles. The second kappa shape index (κ2) is 5.72. The second-order valence-electron chi connectivity index (χ2n) is 4.83. The molecular formula is C15H14ClN3O2S. The van der Waals surface area contributed by atoms with Crippen molar-refractivity contribution in [2.75, 3.05) is 6.54 Å². The second-order valence-corrected chi connectivity index (χ2v) is 7.08. The lowest BCUT2D eigenvalue weighted by Gasteiger charge is -2.07. The molecule has 5 nitrogen and oxygen atoms in total. The maximum Gasteiger partial charge on any atom is 0.269 e. The summed E-state index contributed by atoms with van der Waals surface area (Å²) in [6.45, 7) is 0.436. The largest absolute Gasteiger partial charge is 0.330 e. The molecule has 0 saturated carbocycles. The van der Waals surface area contributed by atoms with E-state index in [2.05, 4.69) is 4.98 Å². The van der Waals surface area contributed by atoms with E-state index in [9.17, 15) is 8.42 Å². The maximum atomic E-state index is 12.9. The van der Waals surface area contributed by atoms with E-state index in [0.717, 1.165) is 10.9 Å². The van der Waals surface area contributed by atoms with E-state index in [4.69, 9.17) is 17.3 Å². The summed E-state index contributed by atoms with van der Waals surface area (Å²) in [6.07, 6.45) is 3.74. The van der Waals surface area contributed by atoms with Crippen molar-refractivity contribution in [3.8, 4) is 0 Å². The summed E-state index contributed by atoms with van der Waals surface area (Å²) in [6, 6.07) is 9.80. The fraction of sp³-hybridized carbons (Fsp3) is 0.133. The van der Waals surface area contributed by atoms with E-state index in [0.29, 0.717) is 23.6 Å². The maximum absolute atomic E-state index is 12.9. The van der Waals surface area contributed by atoms with Crippen LogP contribution >= 0.6 is 11.6 Å². The number of fused-ring (bicyclic) bond motifs is 1. The van der Waals surface area contributed by atoms with Crippen molar-refractivity contribution in [2.45, 2.75) is 11.3 Å². The van der Waals surface area contributed by atoms with Crippen LogP contribution in [0.15, 0.2) is 53.7 Å². The van der Waals surface area contributed by atoms with Gasteiger partial charge in [-0.25, -0.2) is 17.4 Å². The van der Waals surface area contributed by atoms with Crippen molar-refractivity contribution in [3.63, 3.8) is 0 Å². The standard InChI is InChI=1S/C15H14ClN3O2S/c16-12-3-1-4-13(9-12)22(20,21)19-10-11(6-7-17)14-5-2-8-18-15(14)19/h1-5,8-10H,6-7,17H2. The topological polar surface area (TPSA) is 78.0 Å². The normalized spacial score (nSPS) is 11.9. The molecule has 0 spiro atoms. The van der Waals surface area contributed by atoms with E-state index in [-0.39, 0.29) is 4.90 Å². The molecule has 0 aliphatic rings. The van der Waals surface area contributed by atoms with E-state index in [1.807, 2.05) is 6.07 Å². The Labute approximate surface area is 133 Å². The number of rotatable bonds is 4. The lowest BCUT2D eigenvalue weighted by Crippen LogP contribution is -2.12. The van der Waals surface area contributed by atoms with Gasteiger partial charge in [-0.3, -0.25) is 0 Å². The molecule has 3 aromatic rings. The third-order valence-electron chi connectivity index (χ3n) is 3.38. The van der Waals surface area contributed by atoms with Crippen LogP contribution in [-0.2, 0) is 16.4 Å². The summed E-state index contributed by atoms with van der Waals surface area (Å²) in [5.74, 6) is 0. The van der Waals surface area contributed by atoms with Crippen LogP contribution in [-0.4, -0.2) is 23.9 Å². The van der Waals surface area contributed by atoms with Crippen molar-refractivity contribution in [1.29, 1.82) is 0 Å². The molecule has 0 saturated heterocycles. The summed E-state index contributed by atoms with van der Waals surface area (Å²) < 4.78 is 26.9. The predicted octanol–water partition coefficient (Wildman–Crippen LogP) is 2.43. The number of hydrogen-bond acceptors (Lipinski definition) is 4. The first-order valence-corrected chi connectivity index (χ1v) is 8.52. The first-order valence-electron chi connectivity index (χ1n) is 6.70. The van der Waals surface area contributed by atoms with Crippen molar-refractivity contribution in [1.82, 2.24) is 8.96 Å². The zero-order valence-corrected chi connectivity index (χ0v) is 13.2. The van der Waals surface area contributed by atoms with E-state index >= 15 is 0 Å². The molecule has 0 bridgehead atoms. The molecule has 0 aliphatic heterocycles. The summed E-state index contributed by atoms with van der Waals surface area (Å²) in [4.78, 5) is 4.33. The van der Waals surface area contributed by atoms with Crippen LogP contribution in [0.4, 0.5) is 0 Å². The molecule has 1 aromatic carbocycles. The van der Waals surface area contributed by atoms with Gasteiger partial charge in [-0.05, 0) is 48.9 Å². The lowest BCUT2D eigenvalue weighted by atomic mass is 10.2. The number of aromatic nitrogens is 2. The molecular weight excluding hydrogens is 322 g/mol. The Kier molecular flexibility index (Phi) is 3.90. The molecule has 0 fully saturated rings. The van der Waals surface area contributed by atoms with E-state index in [1.165, 1.54) is 16.1 Å². The number of pyridine rings is 1. The molecule has 0 unspecified atom stereocenters. The molecule has 22 heavy (non-hydrogen) atoms. The first-order chi connectivity index (χ1) is 10.5. The van der Waals surface area contributed by atoms with Gasteiger partial charge in [0.2, 0.25) is 0 Å². The Bertz CT molecular complexity index is 935. The Morgan fingerprint density at radius 3 is 2.77 bits per heavy atom. The first kappa shape index (κ1) is 15.0. The summed E-state index contributed by atoms with van der Waals surface area (Å²) >= 11 is 5.91. The molecule has 0 atom stereocenters. The average Bonchev–Trinajstić information content (AvgIpc) is 2.88. The molecule has 2 N–H and O–H groups in total. The highest BCUT2D eigenvalue weighted by Crippen LogP contribution is 2.25. The van der Waals surface area contributed by atoms with Gasteiger partial charge >= 0.3 is 0 Å². The van der Waals surface area contributed by atoms with Crippen molar-refractivity contribution in [3.05, 3.63) is 59.4 Å². The number of nitrogens with zero attached hydrogens (tertiary/aromatic N) is 2. The number of nitrogens with two attached hydrogens (primary N) is 1. The van der Waals surface area contributed by atoms with E-state index in [1.54, 1.807) is 30.6 Å². The third-order valence-corrected chi connectivity index (χ3v) is 5.26. The highest BCUT2D eigenvalue weighted by molar-refractivity contribution is 7.90. The number of benzene rings is 1. The SMILES string of the molecule is NCCc1cn(S(=O)(=O)c2cccc(Cl)c2)c2ncccc12. The van der Waals surface area contributed by atoms with Gasteiger partial charge in [-0.2, -0.15) is 0 Å². The Morgan fingerprint density at radius 1 is 1.23 bits per heavy atom. The van der Waals surface area contributed by atoms with Crippen molar-refractivity contribution < 1.29 is 8.42 Å². The minimum Gasteiger partial charge on any atom is -0.330 e. The van der Waals surface area contributed by atoms with E-state index < -0.39 is 10.0 Å². The minimum atomic E-state index is -3.76. The summed E-state index contributed by atoms with van der Waals surface area (Å²) in [5.41, 5.74) is 6.86. The third kappa shape index (κ3) is 2.49. The zero-order chi connectivity index (χ0) is 15.7. The summed E-state index contributed by atoms with van der Waals surface area (Å²) in [5, 5.41) is 1.16. The molecule has 0 amide bonds. The number of halogens is 1. The fourth-order valence-corrected chi connectivity index (χ4v) is 4.02. The van der Waals surface area contributed by atoms with Crippen LogP contribution in [0.3, 0.4) is 0 Å². The number of hydrogen-bond donors (Lipinski definition) is 1. The minimum absolute atomic E-state index is 0.127. The molecule has 2 aromatic heterocycles. The monoisotopic (exact) mass is 335 g/mol. The highest BCUT2D eigenvalue weighted by atomic mass is 35.5. The Balaban J connectivity index is 2.25. The van der Waals surface area contributed by atoms with Crippen LogP contribution in [0.1, 0.15) is 5.56 Å². The van der Waals surface area contributed by atoms with Crippen LogP contribution in [0.25, 0.3) is 11.0 Å². The van der Waals surface area contributed by atoms with Gasteiger partial charge < -0.3 is 5.73 Å². The molecule has 3 rings (SSSR count). The average molecular weight is 336 g/mol. The van der Waals surface area contributed by atoms with Gasteiger partial charge in [-0.1, -0.05) is 17.7 Å². The van der Waals surface area contributed by atoms with Gasteiger partial charge in [0.05, 0.1) is 4.90 Å². The van der Waals surface area contributed by atoms with Crippen LogP contribution in [0, 0.1) is 0 Å².